The average molecular weight is 472 g/mol. The lowest BCUT2D eigenvalue weighted by Gasteiger charge is -2.36. The molecule has 9 heteroatoms. The maximum Gasteiger partial charge on any atom is 0.255 e. The molecule has 2 N–H and O–H groups in total. The van der Waals surface area contributed by atoms with Crippen LogP contribution < -0.4 is 5.73 Å². The quantitative estimate of drug-likeness (QED) is 0.472. The monoisotopic (exact) mass is 471 g/mol. The van der Waals surface area contributed by atoms with Crippen LogP contribution in [0, 0.1) is 19.7 Å². The molecule has 3 aromatic heterocycles. The highest BCUT2D eigenvalue weighted by Crippen LogP contribution is 2.36. The smallest absolute Gasteiger partial charge is 0.255 e. The highest BCUT2D eigenvalue weighted by Gasteiger charge is 2.32. The molecule has 0 spiro atoms. The number of halogens is 1. The van der Waals surface area contributed by atoms with Gasteiger partial charge in [-0.15, -0.1) is 0 Å². The zero-order valence-electron chi connectivity index (χ0n) is 19.6. The first-order chi connectivity index (χ1) is 16.9. The number of nitrogens with zero attached hydrogens (tertiary/aromatic N) is 6. The van der Waals surface area contributed by atoms with E-state index in [1.54, 1.807) is 41.3 Å². The fourth-order valence-electron chi connectivity index (χ4n) is 4.64. The van der Waals surface area contributed by atoms with Crippen LogP contribution in [0.3, 0.4) is 0 Å². The van der Waals surface area contributed by atoms with E-state index in [1.807, 2.05) is 24.8 Å². The molecular formula is C26H26FN7O. The van der Waals surface area contributed by atoms with Crippen LogP contribution in [-0.2, 0) is 0 Å². The molecule has 1 atom stereocenters. The summed E-state index contributed by atoms with van der Waals surface area (Å²) in [5.41, 5.74) is 10.5. The Balaban J connectivity index is 1.48. The van der Waals surface area contributed by atoms with Crippen LogP contribution in [0.2, 0.25) is 0 Å². The second-order valence-electron chi connectivity index (χ2n) is 8.79. The summed E-state index contributed by atoms with van der Waals surface area (Å²) >= 11 is 0. The number of carbonyl (C=O) groups is 1. The maximum absolute atomic E-state index is 13.6. The molecule has 0 radical (unpaired) electrons. The molecule has 4 heterocycles. The van der Waals surface area contributed by atoms with Gasteiger partial charge in [0.05, 0.1) is 23.0 Å². The highest BCUT2D eigenvalue weighted by atomic mass is 19.1. The van der Waals surface area contributed by atoms with Crippen LogP contribution in [0.4, 0.5) is 10.3 Å². The normalized spacial score (nSPS) is 15.9. The molecule has 0 bridgehead atoms. The second-order valence-corrected chi connectivity index (χ2v) is 8.79. The third kappa shape index (κ3) is 4.49. The first kappa shape index (κ1) is 22.6. The van der Waals surface area contributed by atoms with Crippen molar-refractivity contribution in [2.75, 3.05) is 12.3 Å². The number of nitrogens with two attached hydrogens (primary N) is 1. The van der Waals surface area contributed by atoms with Gasteiger partial charge in [0.1, 0.15) is 5.82 Å². The molecule has 0 unspecified atom stereocenters. The molecule has 4 aromatic rings. The summed E-state index contributed by atoms with van der Waals surface area (Å²) < 4.78 is 15.3. The van der Waals surface area contributed by atoms with E-state index in [1.165, 1.54) is 12.1 Å². The lowest BCUT2D eigenvalue weighted by molar-refractivity contribution is 0.0606. The molecule has 0 aliphatic carbocycles. The molecule has 1 fully saturated rings. The molecule has 5 rings (SSSR count). The SMILES string of the molecule is Cc1cc(C)n(-c2ccc(C(=O)N3CCCC[C@@H]3c3nc(N)ncc3-c3ccc(F)cc3)cn2)n1. The van der Waals surface area contributed by atoms with Gasteiger partial charge in [0, 0.05) is 30.2 Å². The van der Waals surface area contributed by atoms with Crippen LogP contribution in [0.5, 0.6) is 0 Å². The Morgan fingerprint density at radius 1 is 1.06 bits per heavy atom. The summed E-state index contributed by atoms with van der Waals surface area (Å²) in [6, 6.07) is 11.4. The molecule has 8 nitrogen and oxygen atoms in total. The van der Waals surface area contributed by atoms with Crippen LogP contribution in [-0.4, -0.2) is 42.1 Å². The van der Waals surface area contributed by atoms with Crippen LogP contribution in [0.1, 0.15) is 52.7 Å². The average Bonchev–Trinajstić information content (AvgIpc) is 3.22. The van der Waals surface area contributed by atoms with Gasteiger partial charge in [-0.2, -0.15) is 5.10 Å². The molecule has 1 aliphatic rings. The standard InChI is InChI=1S/C26H26FN7O/c1-16-13-17(2)34(32-16)23-11-8-19(14-29-23)25(35)33-12-4-3-5-22(33)24-21(15-30-26(28)31-24)18-6-9-20(27)10-7-18/h6-11,13-15,22H,3-5,12H2,1-2H3,(H2,28,30,31)/t22-/m1/s1. The van der Waals surface area contributed by atoms with Gasteiger partial charge in [0.25, 0.3) is 5.91 Å². The first-order valence-electron chi connectivity index (χ1n) is 11.6. The van der Waals surface area contributed by atoms with E-state index in [-0.39, 0.29) is 23.7 Å². The second kappa shape index (κ2) is 9.25. The zero-order valence-corrected chi connectivity index (χ0v) is 19.6. The predicted molar refractivity (Wildman–Crippen MR) is 130 cm³/mol. The number of piperidine rings is 1. The van der Waals surface area contributed by atoms with E-state index in [2.05, 4.69) is 20.1 Å². The lowest BCUT2D eigenvalue weighted by Crippen LogP contribution is -2.39. The number of nitrogen functional groups attached to an aromatic ring is 1. The summed E-state index contributed by atoms with van der Waals surface area (Å²) in [4.78, 5) is 28.6. The first-order valence-corrected chi connectivity index (χ1v) is 11.6. The fraction of sp³-hybridized carbons (Fsp3) is 0.269. The summed E-state index contributed by atoms with van der Waals surface area (Å²) in [7, 11) is 0. The summed E-state index contributed by atoms with van der Waals surface area (Å²) in [6.45, 7) is 4.48. The van der Waals surface area contributed by atoms with Crippen molar-refractivity contribution in [3.8, 4) is 16.9 Å². The van der Waals surface area contributed by atoms with E-state index < -0.39 is 0 Å². The topological polar surface area (TPSA) is 103 Å². The number of aryl methyl sites for hydroxylation is 2. The van der Waals surface area contributed by atoms with Crippen LogP contribution in [0.25, 0.3) is 16.9 Å². The van der Waals surface area contributed by atoms with Crippen molar-refractivity contribution in [2.45, 2.75) is 39.2 Å². The Hall–Kier alpha value is -4.14. The molecule has 178 valence electrons. The Morgan fingerprint density at radius 3 is 2.54 bits per heavy atom. The Bertz CT molecular complexity index is 1370. The minimum Gasteiger partial charge on any atom is -0.368 e. The van der Waals surface area contributed by atoms with E-state index in [0.29, 0.717) is 23.6 Å². The summed E-state index contributed by atoms with van der Waals surface area (Å²) in [5.74, 6) is 0.353. The number of aromatic nitrogens is 5. The van der Waals surface area contributed by atoms with Crippen molar-refractivity contribution < 1.29 is 9.18 Å². The van der Waals surface area contributed by atoms with E-state index in [9.17, 15) is 9.18 Å². The van der Waals surface area contributed by atoms with Crippen molar-refractivity contribution >= 4 is 11.9 Å². The molecule has 1 aliphatic heterocycles. The summed E-state index contributed by atoms with van der Waals surface area (Å²) in [6.07, 6.45) is 5.83. The lowest BCUT2D eigenvalue weighted by atomic mass is 9.93. The zero-order chi connectivity index (χ0) is 24.5. The number of pyridine rings is 1. The van der Waals surface area contributed by atoms with Gasteiger partial charge in [-0.25, -0.2) is 24.0 Å². The van der Waals surface area contributed by atoms with E-state index in [0.717, 1.165) is 41.8 Å². The van der Waals surface area contributed by atoms with Gasteiger partial charge in [0.15, 0.2) is 5.82 Å². The number of hydrogen-bond donors (Lipinski definition) is 1. The minimum absolute atomic E-state index is 0.121. The molecule has 1 amide bonds. The third-order valence-electron chi connectivity index (χ3n) is 6.29. The third-order valence-corrected chi connectivity index (χ3v) is 6.29. The summed E-state index contributed by atoms with van der Waals surface area (Å²) in [5, 5.41) is 4.46. The number of carbonyl (C=O) groups excluding carboxylic acids is 1. The van der Waals surface area contributed by atoms with Crippen molar-refractivity contribution in [1.82, 2.24) is 29.6 Å². The molecule has 0 saturated carbocycles. The minimum atomic E-state index is -0.322. The largest absolute Gasteiger partial charge is 0.368 e. The Labute approximate surface area is 202 Å². The predicted octanol–water partition coefficient (Wildman–Crippen LogP) is 4.43. The number of likely N-dealkylation sites (tertiary alicyclic amines) is 1. The molecule has 1 saturated heterocycles. The number of anilines is 1. The van der Waals surface area contributed by atoms with E-state index >= 15 is 0 Å². The van der Waals surface area contributed by atoms with Crippen molar-refractivity contribution in [1.29, 1.82) is 0 Å². The van der Waals surface area contributed by atoms with Crippen LogP contribution >= 0.6 is 0 Å². The Morgan fingerprint density at radius 2 is 1.86 bits per heavy atom. The molecule has 35 heavy (non-hydrogen) atoms. The number of amides is 1. The van der Waals surface area contributed by atoms with Gasteiger partial charge in [-0.05, 0) is 69.0 Å². The van der Waals surface area contributed by atoms with Gasteiger partial charge in [0.2, 0.25) is 5.95 Å². The fourth-order valence-corrected chi connectivity index (χ4v) is 4.64. The number of hydrogen-bond acceptors (Lipinski definition) is 6. The van der Waals surface area contributed by atoms with Crippen molar-refractivity contribution in [2.24, 2.45) is 0 Å². The molecular weight excluding hydrogens is 445 g/mol. The van der Waals surface area contributed by atoms with Gasteiger partial charge in [-0.1, -0.05) is 12.1 Å². The van der Waals surface area contributed by atoms with Gasteiger partial charge in [-0.3, -0.25) is 4.79 Å². The number of rotatable bonds is 4. The Kier molecular flexibility index (Phi) is 5.98. The van der Waals surface area contributed by atoms with Gasteiger partial charge < -0.3 is 10.6 Å². The highest BCUT2D eigenvalue weighted by molar-refractivity contribution is 5.94. The van der Waals surface area contributed by atoms with E-state index in [4.69, 9.17) is 5.73 Å². The van der Waals surface area contributed by atoms with Crippen molar-refractivity contribution in [3.05, 3.63) is 83.3 Å². The molecule has 1 aromatic carbocycles. The van der Waals surface area contributed by atoms with Crippen molar-refractivity contribution in [3.63, 3.8) is 0 Å². The van der Waals surface area contributed by atoms with Gasteiger partial charge >= 0.3 is 0 Å². The maximum atomic E-state index is 13.6. The van der Waals surface area contributed by atoms with Crippen LogP contribution in [0.15, 0.2) is 54.9 Å². The number of benzene rings is 1.